The van der Waals surface area contributed by atoms with Crippen LogP contribution >= 0.6 is 0 Å². The van der Waals surface area contributed by atoms with Crippen LogP contribution < -0.4 is 10.6 Å². The van der Waals surface area contributed by atoms with Gasteiger partial charge in [-0.2, -0.15) is 0 Å². The minimum atomic E-state index is -0.990. The molecule has 7 nitrogen and oxygen atoms in total. The molecule has 0 aliphatic carbocycles. The van der Waals surface area contributed by atoms with Gasteiger partial charge in [0.1, 0.15) is 0 Å². The molecule has 2 atom stereocenters. The Hall–Kier alpha value is -1.12. The molecular weight excluding hydrogens is 323 g/mol. The molecule has 0 aromatic rings. The van der Waals surface area contributed by atoms with Crippen molar-refractivity contribution >= 4 is 19.0 Å². The molecule has 0 aromatic heterocycles. The summed E-state index contributed by atoms with van der Waals surface area (Å²) in [6.45, 7) is 10.6. The van der Waals surface area contributed by atoms with Crippen LogP contribution in [0.15, 0.2) is 0 Å². The molecule has 0 unspecified atom stereocenters. The lowest BCUT2D eigenvalue weighted by Gasteiger charge is -2.32. The lowest BCUT2D eigenvalue weighted by molar-refractivity contribution is -0.151. The Morgan fingerprint density at radius 2 is 1.84 bits per heavy atom. The predicted octanol–water partition coefficient (Wildman–Crippen LogP) is 1.13. The number of hydrogen-bond acceptors (Lipinski definition) is 6. The van der Waals surface area contributed by atoms with Gasteiger partial charge < -0.3 is 24.7 Å². The molecule has 8 heteroatoms. The highest BCUT2D eigenvalue weighted by molar-refractivity contribution is 6.45. The van der Waals surface area contributed by atoms with Crippen molar-refractivity contribution in [1.82, 2.24) is 10.6 Å². The average molecular weight is 354 g/mol. The standard InChI is InChI=1S/C17H31BN2O5/c1-12(21)20-17(14(22)23-6)11-19-10-13(17)8-7-9-18-24-15(2,3)16(4,5)25-18/h13,19H,7-11H2,1-6H3,(H,20,21)/t13-,17-/m0/s1. The fraction of sp³-hybridized carbons (Fsp3) is 0.882. The Kier molecular flexibility index (Phi) is 5.86. The SMILES string of the molecule is COC(=O)[C@]1(NC(C)=O)CNC[C@@H]1CCCB1OC(C)(C)C(C)(C)O1. The number of ether oxygens (including phenoxy) is 1. The van der Waals surface area contributed by atoms with E-state index in [0.29, 0.717) is 13.1 Å². The van der Waals surface area contributed by atoms with Gasteiger partial charge in [-0.3, -0.25) is 4.79 Å². The predicted molar refractivity (Wildman–Crippen MR) is 95.0 cm³/mol. The summed E-state index contributed by atoms with van der Waals surface area (Å²) >= 11 is 0. The first-order valence-corrected chi connectivity index (χ1v) is 8.97. The molecule has 2 rings (SSSR count). The minimum Gasteiger partial charge on any atom is -0.467 e. The first kappa shape index (κ1) is 20.2. The van der Waals surface area contributed by atoms with Crippen molar-refractivity contribution < 1.29 is 23.6 Å². The molecule has 0 saturated carbocycles. The largest absolute Gasteiger partial charge is 0.467 e. The number of hydrogen-bond donors (Lipinski definition) is 2. The van der Waals surface area contributed by atoms with Gasteiger partial charge >= 0.3 is 13.1 Å². The van der Waals surface area contributed by atoms with Crippen molar-refractivity contribution in [2.24, 2.45) is 5.92 Å². The number of methoxy groups -OCH3 is 1. The van der Waals surface area contributed by atoms with Crippen molar-refractivity contribution in [2.45, 2.75) is 70.5 Å². The second-order valence-electron chi connectivity index (χ2n) is 8.09. The zero-order valence-corrected chi connectivity index (χ0v) is 16.2. The smallest absolute Gasteiger partial charge is 0.457 e. The van der Waals surface area contributed by atoms with Crippen molar-refractivity contribution in [1.29, 1.82) is 0 Å². The summed E-state index contributed by atoms with van der Waals surface area (Å²) in [4.78, 5) is 24.0. The second-order valence-corrected chi connectivity index (χ2v) is 8.09. The molecule has 2 heterocycles. The Balaban J connectivity index is 1.95. The summed E-state index contributed by atoms with van der Waals surface area (Å²) in [5, 5.41) is 6.03. The van der Waals surface area contributed by atoms with Crippen molar-refractivity contribution in [3.05, 3.63) is 0 Å². The van der Waals surface area contributed by atoms with Gasteiger partial charge in [0, 0.05) is 25.9 Å². The minimum absolute atomic E-state index is 0.0220. The molecule has 1 amide bonds. The van der Waals surface area contributed by atoms with Crippen LogP contribution in [0.4, 0.5) is 0 Å². The molecule has 0 bridgehead atoms. The Labute approximate surface area is 150 Å². The van der Waals surface area contributed by atoms with E-state index in [-0.39, 0.29) is 30.1 Å². The Bertz CT molecular complexity index is 509. The van der Waals surface area contributed by atoms with Gasteiger partial charge in [-0.25, -0.2) is 4.79 Å². The Morgan fingerprint density at radius 3 is 2.36 bits per heavy atom. The van der Waals surface area contributed by atoms with E-state index in [9.17, 15) is 9.59 Å². The monoisotopic (exact) mass is 354 g/mol. The van der Waals surface area contributed by atoms with Gasteiger partial charge in [0.05, 0.1) is 18.3 Å². The summed E-state index contributed by atoms with van der Waals surface area (Å²) in [5.74, 6) is -0.648. The summed E-state index contributed by atoms with van der Waals surface area (Å²) < 4.78 is 17.0. The molecule has 142 valence electrons. The third kappa shape index (κ3) is 4.01. The number of carbonyl (C=O) groups is 2. The van der Waals surface area contributed by atoms with Crippen LogP contribution in [-0.4, -0.2) is 55.9 Å². The quantitative estimate of drug-likeness (QED) is 0.549. The van der Waals surface area contributed by atoms with Crippen molar-refractivity contribution in [3.8, 4) is 0 Å². The topological polar surface area (TPSA) is 85.9 Å². The van der Waals surface area contributed by atoms with Gasteiger partial charge in [0.25, 0.3) is 0 Å². The highest BCUT2D eigenvalue weighted by atomic mass is 16.7. The van der Waals surface area contributed by atoms with E-state index in [1.54, 1.807) is 0 Å². The number of nitrogens with one attached hydrogen (secondary N) is 2. The van der Waals surface area contributed by atoms with E-state index in [4.69, 9.17) is 14.0 Å². The Morgan fingerprint density at radius 1 is 1.24 bits per heavy atom. The molecule has 0 aromatic carbocycles. The van der Waals surface area contributed by atoms with Crippen LogP contribution in [0.2, 0.25) is 6.32 Å². The third-order valence-corrected chi connectivity index (χ3v) is 5.73. The summed E-state index contributed by atoms with van der Waals surface area (Å²) in [6.07, 6.45) is 2.36. The lowest BCUT2D eigenvalue weighted by atomic mass is 9.77. The fourth-order valence-electron chi connectivity index (χ4n) is 3.66. The van der Waals surface area contributed by atoms with Crippen LogP contribution in [0.3, 0.4) is 0 Å². The van der Waals surface area contributed by atoms with Crippen molar-refractivity contribution in [2.75, 3.05) is 20.2 Å². The highest BCUT2D eigenvalue weighted by Crippen LogP contribution is 2.38. The van der Waals surface area contributed by atoms with Gasteiger partial charge in [-0.1, -0.05) is 6.42 Å². The molecule has 2 saturated heterocycles. The van der Waals surface area contributed by atoms with E-state index in [2.05, 4.69) is 10.6 Å². The number of carbonyl (C=O) groups excluding carboxylic acids is 2. The van der Waals surface area contributed by atoms with E-state index < -0.39 is 11.5 Å². The summed E-state index contributed by atoms with van der Waals surface area (Å²) in [6, 6.07) is 0. The molecular formula is C17H31BN2O5. The van der Waals surface area contributed by atoms with E-state index in [0.717, 1.165) is 19.2 Å². The summed E-state index contributed by atoms with van der Waals surface area (Å²) in [7, 11) is 1.11. The van der Waals surface area contributed by atoms with E-state index >= 15 is 0 Å². The maximum atomic E-state index is 12.3. The molecule has 2 aliphatic rings. The van der Waals surface area contributed by atoms with Crippen molar-refractivity contribution in [3.63, 3.8) is 0 Å². The van der Waals surface area contributed by atoms with Crippen LogP contribution in [0.25, 0.3) is 0 Å². The second kappa shape index (κ2) is 7.25. The lowest BCUT2D eigenvalue weighted by Crippen LogP contribution is -2.60. The number of amides is 1. The average Bonchev–Trinajstić information content (AvgIpc) is 2.97. The third-order valence-electron chi connectivity index (χ3n) is 5.73. The zero-order chi connectivity index (χ0) is 18.9. The number of esters is 1. The molecule has 0 radical (unpaired) electrons. The van der Waals surface area contributed by atoms with Crippen LogP contribution in [-0.2, 0) is 23.6 Å². The van der Waals surface area contributed by atoms with Crippen LogP contribution in [0.5, 0.6) is 0 Å². The van der Waals surface area contributed by atoms with Crippen LogP contribution in [0, 0.1) is 5.92 Å². The molecule has 0 spiro atoms. The molecule has 2 N–H and O–H groups in total. The molecule has 2 fully saturated rings. The first-order valence-electron chi connectivity index (χ1n) is 8.97. The van der Waals surface area contributed by atoms with Gasteiger partial charge in [0.15, 0.2) is 5.54 Å². The normalized spacial score (nSPS) is 30.3. The zero-order valence-electron chi connectivity index (χ0n) is 16.2. The molecule has 25 heavy (non-hydrogen) atoms. The van der Waals surface area contributed by atoms with Gasteiger partial charge in [-0.05, 0) is 40.4 Å². The van der Waals surface area contributed by atoms with Gasteiger partial charge in [0.2, 0.25) is 5.91 Å². The molecule has 2 aliphatic heterocycles. The first-order chi connectivity index (χ1) is 11.5. The van der Waals surface area contributed by atoms with Crippen LogP contribution in [0.1, 0.15) is 47.5 Å². The van der Waals surface area contributed by atoms with Gasteiger partial charge in [-0.15, -0.1) is 0 Å². The summed E-state index contributed by atoms with van der Waals surface area (Å²) in [5.41, 5.74) is -1.66. The maximum absolute atomic E-state index is 12.3. The highest BCUT2D eigenvalue weighted by Gasteiger charge is 2.52. The van der Waals surface area contributed by atoms with E-state index in [1.807, 2.05) is 27.7 Å². The fourth-order valence-corrected chi connectivity index (χ4v) is 3.66. The number of rotatable bonds is 6. The maximum Gasteiger partial charge on any atom is 0.457 e. The van der Waals surface area contributed by atoms with E-state index in [1.165, 1.54) is 14.0 Å².